The molecule has 1 heterocycles. The second-order valence-electron chi connectivity index (χ2n) is 7.95. The second kappa shape index (κ2) is 4.93. The van der Waals surface area contributed by atoms with Gasteiger partial charge in [0.15, 0.2) is 0 Å². The first-order chi connectivity index (χ1) is 9.37. The van der Waals surface area contributed by atoms with Gasteiger partial charge in [0.05, 0.1) is 6.67 Å². The van der Waals surface area contributed by atoms with E-state index >= 15 is 0 Å². The molecule has 4 bridgehead atoms. The Kier molecular flexibility index (Phi) is 3.32. The quantitative estimate of drug-likeness (QED) is 0.751. The maximum absolute atomic E-state index is 2.69. The highest BCUT2D eigenvalue weighted by Gasteiger charge is 2.45. The Balaban J connectivity index is 0.00000106. The first-order valence-electron chi connectivity index (χ1n) is 8.56. The number of rotatable bonds is 2. The van der Waals surface area contributed by atoms with Gasteiger partial charge in [-0.05, 0) is 62.2 Å². The van der Waals surface area contributed by atoms with Crippen LogP contribution in [0.5, 0.6) is 0 Å². The van der Waals surface area contributed by atoms with Crippen LogP contribution in [-0.2, 0) is 0 Å². The van der Waals surface area contributed by atoms with Gasteiger partial charge in [0.2, 0.25) is 0 Å². The van der Waals surface area contributed by atoms with E-state index in [0.29, 0.717) is 0 Å². The van der Waals surface area contributed by atoms with Crippen molar-refractivity contribution in [1.82, 2.24) is 9.80 Å². The summed E-state index contributed by atoms with van der Waals surface area (Å²) in [6, 6.07) is 1.78. The minimum absolute atomic E-state index is 0. The minimum Gasteiger partial charge on any atom is -0.355 e. The summed E-state index contributed by atoms with van der Waals surface area (Å²) >= 11 is 0. The Hall–Kier alpha value is -0.180. The van der Waals surface area contributed by atoms with Gasteiger partial charge in [-0.15, -0.1) is 17.0 Å². The van der Waals surface area contributed by atoms with Crippen LogP contribution >= 0.6 is 17.0 Å². The van der Waals surface area contributed by atoms with Gasteiger partial charge in [0.25, 0.3) is 0 Å². The van der Waals surface area contributed by atoms with Crippen molar-refractivity contribution in [2.45, 2.75) is 63.5 Å². The molecule has 4 fully saturated rings. The zero-order valence-electron chi connectivity index (χ0n) is 12.3. The predicted molar refractivity (Wildman–Crippen MR) is 86.5 cm³/mol. The molecule has 6 atom stereocenters. The van der Waals surface area contributed by atoms with Crippen molar-refractivity contribution in [1.29, 1.82) is 0 Å². The topological polar surface area (TPSA) is 6.48 Å². The van der Waals surface area contributed by atoms with Crippen LogP contribution in [0.4, 0.5) is 0 Å². The van der Waals surface area contributed by atoms with Gasteiger partial charge in [-0.2, -0.15) is 0 Å². The van der Waals surface area contributed by atoms with Gasteiger partial charge in [-0.1, -0.05) is 12.8 Å². The number of hydrogen-bond donors (Lipinski definition) is 0. The van der Waals surface area contributed by atoms with Crippen LogP contribution in [0, 0.1) is 23.7 Å². The molecular formula is C17H27BrN2. The molecule has 0 amide bonds. The molecule has 0 spiro atoms. The van der Waals surface area contributed by atoms with E-state index in [2.05, 4.69) is 22.2 Å². The van der Waals surface area contributed by atoms with Crippen molar-refractivity contribution in [3.05, 3.63) is 12.4 Å². The van der Waals surface area contributed by atoms with Crippen molar-refractivity contribution in [2.24, 2.45) is 23.7 Å². The van der Waals surface area contributed by atoms with Gasteiger partial charge in [0.1, 0.15) is 0 Å². The van der Waals surface area contributed by atoms with Crippen molar-refractivity contribution < 1.29 is 0 Å². The molecule has 20 heavy (non-hydrogen) atoms. The van der Waals surface area contributed by atoms with E-state index in [4.69, 9.17) is 0 Å². The zero-order chi connectivity index (χ0) is 12.4. The average Bonchev–Trinajstić information content (AvgIpc) is 3.20. The van der Waals surface area contributed by atoms with E-state index in [1.165, 1.54) is 58.0 Å². The van der Waals surface area contributed by atoms with Crippen LogP contribution in [0.2, 0.25) is 0 Å². The maximum Gasteiger partial charge on any atom is 0.0899 e. The molecule has 4 saturated carbocycles. The smallest absolute Gasteiger partial charge is 0.0899 e. The lowest BCUT2D eigenvalue weighted by atomic mass is 9.94. The van der Waals surface area contributed by atoms with Crippen LogP contribution in [0.1, 0.15) is 51.4 Å². The van der Waals surface area contributed by atoms with Gasteiger partial charge >= 0.3 is 0 Å². The first kappa shape index (κ1) is 13.5. The molecule has 112 valence electrons. The molecule has 1 aliphatic heterocycles. The second-order valence-corrected chi connectivity index (χ2v) is 7.95. The largest absolute Gasteiger partial charge is 0.355 e. The molecule has 0 saturated heterocycles. The van der Waals surface area contributed by atoms with Crippen molar-refractivity contribution in [2.75, 3.05) is 6.67 Å². The summed E-state index contributed by atoms with van der Waals surface area (Å²) in [7, 11) is 0. The highest BCUT2D eigenvalue weighted by molar-refractivity contribution is 8.93. The van der Waals surface area contributed by atoms with Crippen molar-refractivity contribution in [3.8, 4) is 0 Å². The molecule has 0 aromatic rings. The summed E-state index contributed by atoms with van der Waals surface area (Å²) in [5, 5.41) is 0. The van der Waals surface area contributed by atoms with E-state index in [-0.39, 0.29) is 17.0 Å². The highest BCUT2D eigenvalue weighted by Crippen LogP contribution is 2.49. The lowest BCUT2D eigenvalue weighted by Gasteiger charge is -2.36. The standard InChI is InChI=1S/C17H26N2.BrH/c1-3-14-7-12(1)9-16(14)18-5-6-19(11-18)17-10-13-2-4-15(17)8-13;/h5-6,12-17H,1-4,7-11H2;1H. The Morgan fingerprint density at radius 1 is 0.650 bits per heavy atom. The number of hydrogen-bond acceptors (Lipinski definition) is 2. The zero-order valence-corrected chi connectivity index (χ0v) is 14.0. The third-order valence-corrected chi connectivity index (χ3v) is 7.03. The average molecular weight is 339 g/mol. The summed E-state index contributed by atoms with van der Waals surface area (Å²) in [6.45, 7) is 1.21. The lowest BCUT2D eigenvalue weighted by molar-refractivity contribution is 0.120. The third kappa shape index (κ3) is 1.95. The fourth-order valence-corrected chi connectivity index (χ4v) is 6.12. The normalized spacial score (nSPS) is 48.4. The summed E-state index contributed by atoms with van der Waals surface area (Å²) in [5.41, 5.74) is 0. The molecule has 0 radical (unpaired) electrons. The number of halogens is 1. The van der Waals surface area contributed by atoms with E-state index in [0.717, 1.165) is 35.8 Å². The van der Waals surface area contributed by atoms with E-state index in [1.54, 1.807) is 0 Å². The molecule has 5 aliphatic rings. The van der Waals surface area contributed by atoms with Crippen LogP contribution in [0.25, 0.3) is 0 Å². The minimum atomic E-state index is 0. The SMILES string of the molecule is Br.C1=CN(C2CC3CCC2C3)CN1C1CC2CCC1C2. The molecule has 0 aromatic heterocycles. The Morgan fingerprint density at radius 2 is 1.15 bits per heavy atom. The third-order valence-electron chi connectivity index (χ3n) is 7.03. The van der Waals surface area contributed by atoms with Crippen LogP contribution in [0.3, 0.4) is 0 Å². The van der Waals surface area contributed by atoms with Gasteiger partial charge in [0, 0.05) is 24.5 Å². The molecule has 5 rings (SSSR count). The Morgan fingerprint density at radius 3 is 1.50 bits per heavy atom. The van der Waals surface area contributed by atoms with Crippen LogP contribution in [-0.4, -0.2) is 28.6 Å². The first-order valence-corrected chi connectivity index (χ1v) is 8.56. The van der Waals surface area contributed by atoms with Crippen LogP contribution < -0.4 is 0 Å². The highest BCUT2D eigenvalue weighted by atomic mass is 79.9. The van der Waals surface area contributed by atoms with E-state index in [9.17, 15) is 0 Å². The van der Waals surface area contributed by atoms with E-state index in [1.807, 2.05) is 0 Å². The molecule has 3 heteroatoms. The Labute approximate surface area is 133 Å². The number of fused-ring (bicyclic) bond motifs is 4. The van der Waals surface area contributed by atoms with Gasteiger partial charge in [-0.3, -0.25) is 0 Å². The van der Waals surface area contributed by atoms with Gasteiger partial charge in [-0.25, -0.2) is 0 Å². The molecule has 6 unspecified atom stereocenters. The van der Waals surface area contributed by atoms with Crippen molar-refractivity contribution in [3.63, 3.8) is 0 Å². The van der Waals surface area contributed by atoms with Crippen LogP contribution in [0.15, 0.2) is 12.4 Å². The summed E-state index contributed by atoms with van der Waals surface area (Å²) in [5.74, 6) is 4.18. The molecule has 2 nitrogen and oxygen atoms in total. The maximum atomic E-state index is 2.69. The summed E-state index contributed by atoms with van der Waals surface area (Å²) < 4.78 is 0. The van der Waals surface area contributed by atoms with Crippen molar-refractivity contribution >= 4 is 17.0 Å². The summed E-state index contributed by atoms with van der Waals surface area (Å²) in [4.78, 5) is 5.38. The fourth-order valence-electron chi connectivity index (χ4n) is 6.12. The monoisotopic (exact) mass is 338 g/mol. The summed E-state index contributed by atoms with van der Waals surface area (Å²) in [6.07, 6.45) is 16.9. The lowest BCUT2D eigenvalue weighted by Crippen LogP contribution is -2.42. The number of nitrogens with zero attached hydrogens (tertiary/aromatic N) is 2. The van der Waals surface area contributed by atoms with Gasteiger partial charge < -0.3 is 9.80 Å². The fraction of sp³-hybridized carbons (Fsp3) is 0.882. The molecular weight excluding hydrogens is 312 g/mol. The molecule has 0 N–H and O–H groups in total. The molecule has 4 aliphatic carbocycles. The molecule has 0 aromatic carbocycles. The Bertz CT molecular complexity index is 374. The van der Waals surface area contributed by atoms with E-state index < -0.39 is 0 Å². The predicted octanol–water partition coefficient (Wildman–Crippen LogP) is 3.99.